The van der Waals surface area contributed by atoms with Crippen LogP contribution in [0.5, 0.6) is 0 Å². The highest BCUT2D eigenvalue weighted by molar-refractivity contribution is 8.00. The van der Waals surface area contributed by atoms with Crippen LogP contribution in [0, 0.1) is 0 Å². The SMILES string of the molecule is CON=C(C(=O)NC1C(=O)N2C=C(C(=O)O)C(C)S[C@H]12)c1cccc(NC=O)n1. The van der Waals surface area contributed by atoms with Gasteiger partial charge in [0, 0.05) is 11.4 Å². The molecule has 0 bridgehead atoms. The van der Waals surface area contributed by atoms with Crippen molar-refractivity contribution in [1.29, 1.82) is 0 Å². The van der Waals surface area contributed by atoms with Gasteiger partial charge in [-0.1, -0.05) is 11.2 Å². The number of hydrogen-bond acceptors (Lipinski definition) is 8. The molecule has 0 saturated carbocycles. The van der Waals surface area contributed by atoms with E-state index in [4.69, 9.17) is 4.84 Å². The van der Waals surface area contributed by atoms with Crippen molar-refractivity contribution in [1.82, 2.24) is 15.2 Å². The van der Waals surface area contributed by atoms with E-state index in [0.29, 0.717) is 6.41 Å². The molecular weight excluding hydrogens is 402 g/mol. The molecule has 1 fully saturated rings. The number of oxime groups is 1. The van der Waals surface area contributed by atoms with Crippen molar-refractivity contribution >= 4 is 47.5 Å². The smallest absolute Gasteiger partial charge is 0.334 e. The third-order valence-electron chi connectivity index (χ3n) is 4.27. The zero-order chi connectivity index (χ0) is 21.1. The normalized spacial score (nSPS) is 23.3. The van der Waals surface area contributed by atoms with Crippen LogP contribution in [0.4, 0.5) is 5.82 Å². The number of β-lactam (4-membered cyclic amide) rings is 1. The van der Waals surface area contributed by atoms with E-state index in [1.807, 2.05) is 0 Å². The van der Waals surface area contributed by atoms with Gasteiger partial charge in [-0.15, -0.1) is 11.8 Å². The Bertz CT molecular complexity index is 933. The summed E-state index contributed by atoms with van der Waals surface area (Å²) in [5.41, 5.74) is 0.0798. The van der Waals surface area contributed by atoms with Gasteiger partial charge in [0.05, 0.1) is 5.57 Å². The van der Waals surface area contributed by atoms with E-state index >= 15 is 0 Å². The van der Waals surface area contributed by atoms with E-state index in [1.165, 1.54) is 42.1 Å². The highest BCUT2D eigenvalue weighted by atomic mass is 32.2. The molecule has 1 saturated heterocycles. The number of rotatable bonds is 7. The molecule has 2 aliphatic rings. The molecule has 3 N–H and O–H groups in total. The Kier molecular flexibility index (Phi) is 5.82. The first-order chi connectivity index (χ1) is 13.9. The lowest BCUT2D eigenvalue weighted by Gasteiger charge is -2.48. The first-order valence-electron chi connectivity index (χ1n) is 8.39. The number of anilines is 1. The van der Waals surface area contributed by atoms with Crippen molar-refractivity contribution < 1.29 is 29.1 Å². The zero-order valence-corrected chi connectivity index (χ0v) is 16.2. The topological polar surface area (TPSA) is 150 Å². The maximum Gasteiger partial charge on any atom is 0.334 e. The van der Waals surface area contributed by atoms with Crippen LogP contribution in [0.1, 0.15) is 12.6 Å². The predicted molar refractivity (Wildman–Crippen MR) is 103 cm³/mol. The summed E-state index contributed by atoms with van der Waals surface area (Å²) in [6.07, 6.45) is 1.75. The van der Waals surface area contributed by atoms with Crippen LogP contribution >= 0.6 is 11.8 Å². The number of nitrogens with zero attached hydrogens (tertiary/aromatic N) is 3. The van der Waals surface area contributed by atoms with Crippen molar-refractivity contribution in [2.24, 2.45) is 5.16 Å². The number of thioether (sulfide) groups is 1. The molecule has 0 radical (unpaired) electrons. The largest absolute Gasteiger partial charge is 0.478 e. The van der Waals surface area contributed by atoms with Crippen molar-refractivity contribution in [2.45, 2.75) is 23.6 Å². The number of fused-ring (bicyclic) bond motifs is 1. The maximum absolute atomic E-state index is 12.7. The van der Waals surface area contributed by atoms with Gasteiger partial charge in [0.2, 0.25) is 6.41 Å². The first kappa shape index (κ1) is 20.3. The molecule has 0 aliphatic carbocycles. The van der Waals surface area contributed by atoms with Gasteiger partial charge in [0.15, 0.2) is 5.71 Å². The summed E-state index contributed by atoms with van der Waals surface area (Å²) in [5, 5.41) is 17.1. The lowest BCUT2D eigenvalue weighted by atomic mass is 10.1. The Morgan fingerprint density at radius 1 is 1.41 bits per heavy atom. The summed E-state index contributed by atoms with van der Waals surface area (Å²) in [7, 11) is 1.26. The van der Waals surface area contributed by atoms with E-state index in [9.17, 15) is 24.3 Å². The first-order valence-corrected chi connectivity index (χ1v) is 9.34. The van der Waals surface area contributed by atoms with E-state index in [2.05, 4.69) is 20.8 Å². The number of nitrogens with one attached hydrogen (secondary N) is 2. The third kappa shape index (κ3) is 3.92. The Hall–Kier alpha value is -3.41. The molecule has 11 nitrogen and oxygen atoms in total. The van der Waals surface area contributed by atoms with Crippen LogP contribution in [0.3, 0.4) is 0 Å². The van der Waals surface area contributed by atoms with E-state index in [0.717, 1.165) is 0 Å². The van der Waals surface area contributed by atoms with Crippen molar-refractivity contribution in [2.75, 3.05) is 12.4 Å². The van der Waals surface area contributed by atoms with Crippen LogP contribution in [-0.2, 0) is 24.0 Å². The molecular formula is C17H17N5O6S. The molecule has 152 valence electrons. The average Bonchev–Trinajstić information content (AvgIpc) is 2.70. The van der Waals surface area contributed by atoms with Gasteiger partial charge < -0.3 is 25.5 Å². The number of carboxylic acid groups (broad SMARTS) is 1. The quantitative estimate of drug-likeness (QED) is 0.237. The lowest BCUT2D eigenvalue weighted by Crippen LogP contribution is -2.69. The molecule has 29 heavy (non-hydrogen) atoms. The molecule has 3 heterocycles. The fourth-order valence-corrected chi connectivity index (χ4v) is 4.24. The van der Waals surface area contributed by atoms with Gasteiger partial charge in [0.25, 0.3) is 11.8 Å². The summed E-state index contributed by atoms with van der Waals surface area (Å²) in [5.74, 6) is -2.00. The Morgan fingerprint density at radius 3 is 2.83 bits per heavy atom. The Labute approximate surface area is 169 Å². The number of amides is 3. The molecule has 1 aromatic rings. The minimum absolute atomic E-state index is 0.120. The number of aliphatic carboxylic acids is 1. The van der Waals surface area contributed by atoms with Gasteiger partial charge >= 0.3 is 5.97 Å². The third-order valence-corrected chi connectivity index (χ3v) is 5.71. The van der Waals surface area contributed by atoms with Crippen LogP contribution < -0.4 is 10.6 Å². The number of carboxylic acids is 1. The fraction of sp³-hybridized carbons (Fsp3) is 0.294. The zero-order valence-electron chi connectivity index (χ0n) is 15.4. The summed E-state index contributed by atoms with van der Waals surface area (Å²) in [4.78, 5) is 57.1. The average molecular weight is 419 g/mol. The van der Waals surface area contributed by atoms with E-state index < -0.39 is 29.2 Å². The monoisotopic (exact) mass is 419 g/mol. The van der Waals surface area contributed by atoms with Crippen LogP contribution in [0.2, 0.25) is 0 Å². The molecule has 1 aromatic heterocycles. The Morgan fingerprint density at radius 2 is 2.17 bits per heavy atom. The molecule has 3 amide bonds. The van der Waals surface area contributed by atoms with Crippen molar-refractivity contribution in [3.05, 3.63) is 35.7 Å². The highest BCUT2D eigenvalue weighted by Crippen LogP contribution is 2.40. The second-order valence-electron chi connectivity index (χ2n) is 6.05. The van der Waals surface area contributed by atoms with Crippen LogP contribution in [-0.4, -0.2) is 68.7 Å². The molecule has 3 atom stereocenters. The van der Waals surface area contributed by atoms with Crippen molar-refractivity contribution in [3.63, 3.8) is 0 Å². The second-order valence-corrected chi connectivity index (χ2v) is 7.51. The molecule has 0 aromatic carbocycles. The molecule has 12 heteroatoms. The van der Waals surface area contributed by atoms with Gasteiger partial charge in [-0.25, -0.2) is 9.78 Å². The number of carbonyl (C=O) groups is 4. The number of hydrogen-bond donors (Lipinski definition) is 3. The molecule has 3 rings (SSSR count). The standard InChI is InChI=1S/C17H17N5O6S/c1-8-9(17(26)27)6-22-15(25)13(16(22)29-8)20-14(24)12(21-28-2)10-4-3-5-11(19-10)18-7-23/h3-8,13,16H,1-2H3,(H,20,24)(H,26,27)(H,18,19,23)/t8?,13?,16-/m1/s1. The van der Waals surface area contributed by atoms with Gasteiger partial charge in [-0.2, -0.15) is 0 Å². The van der Waals surface area contributed by atoms with Gasteiger partial charge in [-0.05, 0) is 19.1 Å². The van der Waals surface area contributed by atoms with Crippen LogP contribution in [0.15, 0.2) is 35.1 Å². The summed E-state index contributed by atoms with van der Waals surface area (Å²) in [6, 6.07) is 3.75. The minimum Gasteiger partial charge on any atom is -0.478 e. The summed E-state index contributed by atoms with van der Waals surface area (Å²) < 4.78 is 0. The Balaban J connectivity index is 1.78. The van der Waals surface area contributed by atoms with E-state index in [-0.39, 0.29) is 28.0 Å². The predicted octanol–water partition coefficient (Wildman–Crippen LogP) is -0.243. The minimum atomic E-state index is -1.09. The fourth-order valence-electron chi connectivity index (χ4n) is 2.88. The summed E-state index contributed by atoms with van der Waals surface area (Å²) >= 11 is 1.26. The van der Waals surface area contributed by atoms with Gasteiger partial charge in [0.1, 0.15) is 30.0 Å². The number of pyridine rings is 1. The summed E-state index contributed by atoms with van der Waals surface area (Å²) in [6.45, 7) is 1.72. The van der Waals surface area contributed by atoms with Crippen molar-refractivity contribution in [3.8, 4) is 0 Å². The lowest BCUT2D eigenvalue weighted by molar-refractivity contribution is -0.144. The number of aromatic nitrogens is 1. The van der Waals surface area contributed by atoms with E-state index in [1.54, 1.807) is 13.0 Å². The van der Waals surface area contributed by atoms with Gasteiger partial charge in [-0.3, -0.25) is 14.4 Å². The second kappa shape index (κ2) is 8.31. The number of carbonyl (C=O) groups excluding carboxylic acids is 3. The molecule has 2 unspecified atom stereocenters. The molecule has 0 spiro atoms. The van der Waals surface area contributed by atoms with Crippen LogP contribution in [0.25, 0.3) is 0 Å². The highest BCUT2D eigenvalue weighted by Gasteiger charge is 2.51. The maximum atomic E-state index is 12.7. The molecule has 2 aliphatic heterocycles.